The fourth-order valence-electron chi connectivity index (χ4n) is 2.32. The quantitative estimate of drug-likeness (QED) is 0.927. The van der Waals surface area contributed by atoms with E-state index in [-0.39, 0.29) is 0 Å². The van der Waals surface area contributed by atoms with E-state index in [4.69, 9.17) is 11.6 Å². The first-order valence-corrected chi connectivity index (χ1v) is 7.07. The number of benzene rings is 1. The molecule has 0 unspecified atom stereocenters. The van der Waals surface area contributed by atoms with E-state index >= 15 is 0 Å². The molecule has 1 aliphatic carbocycles. The lowest BCUT2D eigenvalue weighted by molar-refractivity contribution is 0.682. The monoisotopic (exact) mass is 275 g/mol. The molecule has 1 aromatic carbocycles. The van der Waals surface area contributed by atoms with E-state index in [0.29, 0.717) is 6.04 Å². The molecule has 1 saturated carbocycles. The van der Waals surface area contributed by atoms with Gasteiger partial charge < -0.3 is 5.32 Å². The Kier molecular flexibility index (Phi) is 3.33. The van der Waals surface area contributed by atoms with E-state index < -0.39 is 0 Å². The highest BCUT2D eigenvalue weighted by molar-refractivity contribution is 6.30. The minimum atomic E-state index is 0.716. The summed E-state index contributed by atoms with van der Waals surface area (Å²) in [5.74, 6) is 0. The highest BCUT2D eigenvalue weighted by Crippen LogP contribution is 2.23. The van der Waals surface area contributed by atoms with Gasteiger partial charge in [0.1, 0.15) is 0 Å². The summed E-state index contributed by atoms with van der Waals surface area (Å²) in [6.07, 6.45) is 2.61. The fraction of sp³-hybridized carbons (Fsp3) is 0.400. The van der Waals surface area contributed by atoms with Gasteiger partial charge in [0.15, 0.2) is 0 Å². The van der Waals surface area contributed by atoms with E-state index in [2.05, 4.69) is 24.3 Å². The number of halogens is 1. The molecule has 0 aliphatic heterocycles. The molecule has 3 rings (SSSR count). The number of aryl methyl sites for hydroxylation is 1. The predicted octanol–water partition coefficient (Wildman–Crippen LogP) is 3.39. The number of nitrogens with one attached hydrogen (secondary N) is 1. The van der Waals surface area contributed by atoms with E-state index in [0.717, 1.165) is 22.9 Å². The van der Waals surface area contributed by atoms with Gasteiger partial charge >= 0.3 is 0 Å². The molecule has 0 bridgehead atoms. The Morgan fingerprint density at radius 3 is 2.84 bits per heavy atom. The van der Waals surface area contributed by atoms with E-state index in [9.17, 15) is 0 Å². The van der Waals surface area contributed by atoms with Crippen molar-refractivity contribution in [2.45, 2.75) is 39.3 Å². The molecule has 0 spiro atoms. The third-order valence-corrected chi connectivity index (χ3v) is 3.87. The zero-order chi connectivity index (χ0) is 13.4. The first kappa shape index (κ1) is 12.7. The second-order valence-corrected chi connectivity index (χ2v) is 5.63. The summed E-state index contributed by atoms with van der Waals surface area (Å²) >= 11 is 6.05. The van der Waals surface area contributed by atoms with Crippen LogP contribution in [0.25, 0.3) is 5.69 Å². The Bertz CT molecular complexity index is 599. The van der Waals surface area contributed by atoms with Gasteiger partial charge in [0, 0.05) is 28.9 Å². The summed E-state index contributed by atoms with van der Waals surface area (Å²) in [7, 11) is 0. The third kappa shape index (κ3) is 2.67. The van der Waals surface area contributed by atoms with Crippen molar-refractivity contribution in [3.63, 3.8) is 0 Å². The number of rotatable bonds is 4. The van der Waals surface area contributed by atoms with Crippen molar-refractivity contribution in [2.75, 3.05) is 0 Å². The minimum Gasteiger partial charge on any atom is -0.310 e. The second-order valence-electron chi connectivity index (χ2n) is 5.20. The van der Waals surface area contributed by atoms with Gasteiger partial charge in [-0.05, 0) is 44.9 Å². The van der Waals surface area contributed by atoms with Gasteiger partial charge in [-0.2, -0.15) is 5.10 Å². The first-order chi connectivity index (χ1) is 9.15. The van der Waals surface area contributed by atoms with E-state index in [1.54, 1.807) is 0 Å². The maximum atomic E-state index is 6.05. The van der Waals surface area contributed by atoms with Crippen LogP contribution >= 0.6 is 11.6 Å². The molecule has 1 aliphatic rings. The average molecular weight is 276 g/mol. The smallest absolute Gasteiger partial charge is 0.0663 e. The number of hydrogen-bond acceptors (Lipinski definition) is 2. The number of hydrogen-bond donors (Lipinski definition) is 1. The molecule has 1 aromatic heterocycles. The Labute approximate surface area is 118 Å². The predicted molar refractivity (Wildman–Crippen MR) is 77.9 cm³/mol. The summed E-state index contributed by atoms with van der Waals surface area (Å²) in [6, 6.07) is 8.53. The molecule has 100 valence electrons. The third-order valence-electron chi connectivity index (χ3n) is 3.64. The number of nitrogens with zero attached hydrogens (tertiary/aromatic N) is 2. The van der Waals surface area contributed by atoms with Crippen molar-refractivity contribution in [2.24, 2.45) is 0 Å². The summed E-state index contributed by atoms with van der Waals surface area (Å²) in [5.41, 5.74) is 4.59. The lowest BCUT2D eigenvalue weighted by atomic mass is 10.2. The topological polar surface area (TPSA) is 29.9 Å². The van der Waals surface area contributed by atoms with Crippen molar-refractivity contribution in [1.82, 2.24) is 15.1 Å². The molecule has 1 heterocycles. The standard InChI is InChI=1S/C15H18ClN3/c1-10-15(9-17-13-6-7-13)11(2)19(18-10)14-5-3-4-12(16)8-14/h3-5,8,13,17H,6-7,9H2,1-2H3. The van der Waals surface area contributed by atoms with Crippen molar-refractivity contribution in [1.29, 1.82) is 0 Å². The van der Waals surface area contributed by atoms with Crippen LogP contribution in [0.2, 0.25) is 5.02 Å². The second kappa shape index (κ2) is 4.99. The Morgan fingerprint density at radius 1 is 1.37 bits per heavy atom. The van der Waals surface area contributed by atoms with Gasteiger partial charge in [0.2, 0.25) is 0 Å². The number of aromatic nitrogens is 2. The highest BCUT2D eigenvalue weighted by Gasteiger charge is 2.21. The van der Waals surface area contributed by atoms with Crippen molar-refractivity contribution >= 4 is 11.6 Å². The molecule has 0 radical (unpaired) electrons. The molecule has 4 heteroatoms. The maximum Gasteiger partial charge on any atom is 0.0663 e. The minimum absolute atomic E-state index is 0.716. The molecule has 19 heavy (non-hydrogen) atoms. The highest BCUT2D eigenvalue weighted by atomic mass is 35.5. The molecule has 0 amide bonds. The average Bonchev–Trinajstić information content (AvgIpc) is 3.15. The molecule has 3 nitrogen and oxygen atoms in total. The van der Waals surface area contributed by atoms with Gasteiger partial charge in [-0.15, -0.1) is 0 Å². The lowest BCUT2D eigenvalue weighted by Crippen LogP contribution is -2.16. The summed E-state index contributed by atoms with van der Waals surface area (Å²) in [4.78, 5) is 0. The van der Waals surface area contributed by atoms with Gasteiger partial charge in [-0.25, -0.2) is 4.68 Å². The van der Waals surface area contributed by atoms with Gasteiger partial charge in [0.25, 0.3) is 0 Å². The summed E-state index contributed by atoms with van der Waals surface area (Å²) < 4.78 is 1.98. The zero-order valence-electron chi connectivity index (χ0n) is 11.3. The molecule has 2 aromatic rings. The van der Waals surface area contributed by atoms with Crippen molar-refractivity contribution in [3.8, 4) is 5.69 Å². The van der Waals surface area contributed by atoms with Crippen LogP contribution in [0.3, 0.4) is 0 Å². The molecular formula is C15H18ClN3. The Balaban J connectivity index is 1.91. The van der Waals surface area contributed by atoms with Crippen LogP contribution in [0, 0.1) is 13.8 Å². The van der Waals surface area contributed by atoms with Gasteiger partial charge in [-0.1, -0.05) is 17.7 Å². The van der Waals surface area contributed by atoms with Crippen LogP contribution in [0.4, 0.5) is 0 Å². The van der Waals surface area contributed by atoms with Crippen LogP contribution in [-0.2, 0) is 6.54 Å². The Morgan fingerprint density at radius 2 is 2.16 bits per heavy atom. The molecule has 1 N–H and O–H groups in total. The molecule has 0 atom stereocenters. The summed E-state index contributed by atoms with van der Waals surface area (Å²) in [6.45, 7) is 5.09. The van der Waals surface area contributed by atoms with Crippen molar-refractivity contribution < 1.29 is 0 Å². The van der Waals surface area contributed by atoms with Crippen LogP contribution in [0.1, 0.15) is 29.8 Å². The van der Waals surface area contributed by atoms with Crippen LogP contribution in [0.5, 0.6) is 0 Å². The lowest BCUT2D eigenvalue weighted by Gasteiger charge is -2.06. The van der Waals surface area contributed by atoms with Crippen LogP contribution in [0.15, 0.2) is 24.3 Å². The summed E-state index contributed by atoms with van der Waals surface area (Å²) in [5, 5.41) is 8.93. The largest absolute Gasteiger partial charge is 0.310 e. The SMILES string of the molecule is Cc1nn(-c2cccc(Cl)c2)c(C)c1CNC1CC1. The van der Waals surface area contributed by atoms with Crippen molar-refractivity contribution in [3.05, 3.63) is 46.2 Å². The van der Waals surface area contributed by atoms with Gasteiger partial charge in [-0.3, -0.25) is 0 Å². The molecule has 0 saturated heterocycles. The van der Waals surface area contributed by atoms with Crippen LogP contribution in [-0.4, -0.2) is 15.8 Å². The molecular weight excluding hydrogens is 258 g/mol. The fourth-order valence-corrected chi connectivity index (χ4v) is 2.51. The van der Waals surface area contributed by atoms with E-state index in [1.807, 2.05) is 28.9 Å². The van der Waals surface area contributed by atoms with Gasteiger partial charge in [0.05, 0.1) is 11.4 Å². The van der Waals surface area contributed by atoms with E-state index in [1.165, 1.54) is 24.1 Å². The first-order valence-electron chi connectivity index (χ1n) is 6.69. The normalized spacial score (nSPS) is 14.9. The zero-order valence-corrected chi connectivity index (χ0v) is 12.0. The Hall–Kier alpha value is -1.32. The maximum absolute atomic E-state index is 6.05. The van der Waals surface area contributed by atoms with Crippen LogP contribution < -0.4 is 5.32 Å². The molecule has 1 fully saturated rings.